The van der Waals surface area contributed by atoms with E-state index in [9.17, 15) is 9.59 Å². The number of hydrogen-bond acceptors (Lipinski definition) is 6. The molecule has 1 amide bonds. The van der Waals surface area contributed by atoms with E-state index < -0.39 is 28.8 Å². The molecule has 8 nitrogen and oxygen atoms in total. The minimum Gasteiger partial charge on any atom is -0.492 e. The molecule has 0 saturated heterocycles. The van der Waals surface area contributed by atoms with Crippen molar-refractivity contribution in [2.75, 3.05) is 18.5 Å². The number of nitrogens with zero attached hydrogens (tertiary/aromatic N) is 2. The summed E-state index contributed by atoms with van der Waals surface area (Å²) in [6, 6.07) is 16.1. The number of ether oxygens (including phenoxy) is 1. The van der Waals surface area contributed by atoms with Gasteiger partial charge in [-0.3, -0.25) is 14.2 Å². The van der Waals surface area contributed by atoms with Gasteiger partial charge in [0.05, 0.1) is 11.1 Å². The summed E-state index contributed by atoms with van der Waals surface area (Å²) in [4.78, 5) is 30.2. The van der Waals surface area contributed by atoms with Crippen LogP contribution in [0.15, 0.2) is 71.8 Å². The van der Waals surface area contributed by atoms with Crippen LogP contribution in [0.25, 0.3) is 0 Å². The molecule has 2 aromatic carbocycles. The molecule has 5 rings (SSSR count). The smallest absolute Gasteiger partial charge is 0.293 e. The van der Waals surface area contributed by atoms with Gasteiger partial charge in [-0.25, -0.2) is 9.37 Å². The van der Waals surface area contributed by atoms with Gasteiger partial charge in [-0.1, -0.05) is 36.4 Å². The van der Waals surface area contributed by atoms with Crippen LogP contribution < -0.4 is 26.7 Å². The molecule has 182 valence electrons. The van der Waals surface area contributed by atoms with Gasteiger partial charge in [-0.15, -0.1) is 0 Å². The first-order valence-corrected chi connectivity index (χ1v) is 11.8. The van der Waals surface area contributed by atoms with Crippen molar-refractivity contribution in [2.45, 2.75) is 43.1 Å². The zero-order chi connectivity index (χ0) is 24.5. The number of rotatable bonds is 10. The van der Waals surface area contributed by atoms with Crippen molar-refractivity contribution in [1.82, 2.24) is 14.9 Å². The standard InChI is InChI=1S/C26H28FN5O3/c27-24(30-22(33)18-6-2-1-3-7-18)26(12-13-26)32-16-15-29-21(23(32)34)31-25(10-11-25)19-8-4-5-9-20(19)35-17-14-28/h1-9,15-16,24H,10-14,17,28H2,(H,29,31)(H,30,33). The highest BCUT2D eigenvalue weighted by Gasteiger charge is 2.54. The fraction of sp³-hybridized carbons (Fsp3) is 0.346. The fourth-order valence-corrected chi connectivity index (χ4v) is 4.48. The summed E-state index contributed by atoms with van der Waals surface area (Å²) in [5, 5.41) is 5.74. The van der Waals surface area contributed by atoms with Crippen LogP contribution in [0.5, 0.6) is 5.75 Å². The predicted octanol–water partition coefficient (Wildman–Crippen LogP) is 2.90. The van der Waals surface area contributed by atoms with Crippen molar-refractivity contribution in [3.8, 4) is 5.75 Å². The molecule has 1 aromatic heterocycles. The quantitative estimate of drug-likeness (QED) is 0.387. The van der Waals surface area contributed by atoms with E-state index in [1.54, 1.807) is 30.3 Å². The minimum absolute atomic E-state index is 0.145. The Bertz CT molecular complexity index is 1270. The molecule has 0 radical (unpaired) electrons. The number of carbonyl (C=O) groups is 1. The van der Waals surface area contributed by atoms with Gasteiger partial charge in [0.25, 0.3) is 11.5 Å². The average molecular weight is 478 g/mol. The molecule has 0 aliphatic heterocycles. The molecule has 3 aromatic rings. The van der Waals surface area contributed by atoms with Crippen LogP contribution in [0, 0.1) is 0 Å². The number of nitrogens with one attached hydrogen (secondary N) is 2. The normalized spacial score (nSPS) is 17.8. The summed E-state index contributed by atoms with van der Waals surface area (Å²) in [5.41, 5.74) is 4.86. The number of benzene rings is 2. The second-order valence-electron chi connectivity index (χ2n) is 9.10. The number of nitrogens with two attached hydrogens (primary N) is 1. The summed E-state index contributed by atoms with van der Waals surface area (Å²) >= 11 is 0. The Morgan fingerprint density at radius 2 is 1.83 bits per heavy atom. The number of alkyl halides is 1. The molecule has 2 aliphatic carbocycles. The van der Waals surface area contributed by atoms with E-state index in [0.29, 0.717) is 37.3 Å². The van der Waals surface area contributed by atoms with Crippen molar-refractivity contribution in [2.24, 2.45) is 5.73 Å². The molecular weight excluding hydrogens is 449 g/mol. The highest BCUT2D eigenvalue weighted by Crippen LogP contribution is 2.51. The third kappa shape index (κ3) is 4.39. The first kappa shape index (κ1) is 23.0. The van der Waals surface area contributed by atoms with Gasteiger partial charge in [0.1, 0.15) is 12.4 Å². The van der Waals surface area contributed by atoms with Crippen LogP contribution in [0.2, 0.25) is 0 Å². The number of aromatic nitrogens is 2. The summed E-state index contributed by atoms with van der Waals surface area (Å²) in [6.45, 7) is 0.783. The maximum absolute atomic E-state index is 15.4. The number of hydrogen-bond donors (Lipinski definition) is 3. The number of amides is 1. The molecule has 1 atom stereocenters. The molecule has 1 unspecified atom stereocenters. The number of carbonyl (C=O) groups excluding carboxylic acids is 1. The first-order chi connectivity index (χ1) is 17.0. The summed E-state index contributed by atoms with van der Waals surface area (Å²) < 4.78 is 22.6. The summed E-state index contributed by atoms with van der Waals surface area (Å²) in [6.07, 6.45) is 3.73. The zero-order valence-corrected chi connectivity index (χ0v) is 19.2. The van der Waals surface area contributed by atoms with Gasteiger partial charge in [-0.2, -0.15) is 0 Å². The Balaban J connectivity index is 1.38. The largest absolute Gasteiger partial charge is 0.492 e. The Morgan fingerprint density at radius 1 is 1.11 bits per heavy atom. The molecule has 2 fully saturated rings. The zero-order valence-electron chi connectivity index (χ0n) is 19.2. The van der Waals surface area contributed by atoms with Gasteiger partial charge < -0.3 is 21.1 Å². The molecule has 9 heteroatoms. The highest BCUT2D eigenvalue weighted by molar-refractivity contribution is 5.94. The lowest BCUT2D eigenvalue weighted by Gasteiger charge is -2.25. The maximum Gasteiger partial charge on any atom is 0.293 e. The van der Waals surface area contributed by atoms with Crippen LogP contribution in [0.3, 0.4) is 0 Å². The third-order valence-corrected chi connectivity index (χ3v) is 6.73. The predicted molar refractivity (Wildman–Crippen MR) is 130 cm³/mol. The molecule has 4 N–H and O–H groups in total. The maximum atomic E-state index is 15.4. The fourth-order valence-electron chi connectivity index (χ4n) is 4.48. The van der Waals surface area contributed by atoms with Crippen LogP contribution in [-0.2, 0) is 11.1 Å². The van der Waals surface area contributed by atoms with Crippen LogP contribution in [-0.4, -0.2) is 34.9 Å². The Labute approximate surface area is 202 Å². The Morgan fingerprint density at radius 3 is 2.51 bits per heavy atom. The van der Waals surface area contributed by atoms with Crippen molar-refractivity contribution in [3.63, 3.8) is 0 Å². The molecule has 0 bridgehead atoms. The van der Waals surface area contributed by atoms with E-state index in [0.717, 1.165) is 18.4 Å². The van der Waals surface area contributed by atoms with Crippen LogP contribution in [0.1, 0.15) is 41.6 Å². The summed E-state index contributed by atoms with van der Waals surface area (Å²) in [7, 11) is 0. The van der Waals surface area contributed by atoms with E-state index in [4.69, 9.17) is 10.5 Å². The first-order valence-electron chi connectivity index (χ1n) is 11.8. The molecule has 2 aliphatic rings. The minimum atomic E-state index is -1.72. The van der Waals surface area contributed by atoms with Gasteiger partial charge in [0.2, 0.25) is 0 Å². The second kappa shape index (κ2) is 9.14. The monoisotopic (exact) mass is 477 g/mol. The van der Waals surface area contributed by atoms with Crippen molar-refractivity contribution in [1.29, 1.82) is 0 Å². The number of halogens is 1. The Kier molecular flexibility index (Phi) is 6.02. The topological polar surface area (TPSA) is 111 Å². The molecular formula is C26H28FN5O3. The lowest BCUT2D eigenvalue weighted by Crippen LogP contribution is -2.47. The Hall–Kier alpha value is -3.72. The number of anilines is 1. The molecule has 1 heterocycles. The van der Waals surface area contributed by atoms with E-state index >= 15 is 4.39 Å². The van der Waals surface area contributed by atoms with Gasteiger partial charge in [0.15, 0.2) is 12.1 Å². The van der Waals surface area contributed by atoms with E-state index in [-0.39, 0.29) is 5.82 Å². The summed E-state index contributed by atoms with van der Waals surface area (Å²) in [5.74, 6) is 0.340. The number of para-hydroxylation sites is 1. The highest BCUT2D eigenvalue weighted by atomic mass is 19.1. The SMILES string of the molecule is NCCOc1ccccc1C1(Nc2nccn(C3(C(F)NC(=O)c4ccccc4)CC3)c2=O)CC1. The van der Waals surface area contributed by atoms with E-state index in [2.05, 4.69) is 15.6 Å². The van der Waals surface area contributed by atoms with Crippen LogP contribution >= 0.6 is 0 Å². The average Bonchev–Trinajstić information content (AvgIpc) is 3.81. The van der Waals surface area contributed by atoms with Crippen molar-refractivity contribution in [3.05, 3.63) is 88.5 Å². The van der Waals surface area contributed by atoms with Gasteiger partial charge in [0, 0.05) is 30.1 Å². The van der Waals surface area contributed by atoms with Gasteiger partial charge in [-0.05, 0) is 43.9 Å². The molecule has 2 saturated carbocycles. The van der Waals surface area contributed by atoms with Crippen molar-refractivity contribution >= 4 is 11.7 Å². The van der Waals surface area contributed by atoms with E-state index in [1.165, 1.54) is 17.0 Å². The van der Waals surface area contributed by atoms with Gasteiger partial charge >= 0.3 is 0 Å². The van der Waals surface area contributed by atoms with Crippen molar-refractivity contribution < 1.29 is 13.9 Å². The van der Waals surface area contributed by atoms with Crippen LogP contribution in [0.4, 0.5) is 10.2 Å². The van der Waals surface area contributed by atoms with E-state index in [1.807, 2.05) is 24.3 Å². The lowest BCUT2D eigenvalue weighted by molar-refractivity contribution is 0.0824. The molecule has 35 heavy (non-hydrogen) atoms. The third-order valence-electron chi connectivity index (χ3n) is 6.73. The lowest BCUT2D eigenvalue weighted by atomic mass is 10.0. The molecule has 0 spiro atoms. The second-order valence-corrected chi connectivity index (χ2v) is 9.10.